The van der Waals surface area contributed by atoms with E-state index in [1.165, 1.54) is 64.6 Å². The van der Waals surface area contributed by atoms with E-state index in [2.05, 4.69) is 51.8 Å². The molecule has 0 radical (unpaired) electrons. The van der Waals surface area contributed by atoms with Gasteiger partial charge in [0.05, 0.1) is 0 Å². The van der Waals surface area contributed by atoms with E-state index in [1.54, 1.807) is 0 Å². The molecule has 1 rings (SSSR count). The summed E-state index contributed by atoms with van der Waals surface area (Å²) in [5.74, 6) is 0. The van der Waals surface area contributed by atoms with Crippen LogP contribution in [0.4, 0.5) is 0 Å². The van der Waals surface area contributed by atoms with Gasteiger partial charge in [-0.25, -0.2) is 0 Å². The Morgan fingerprint density at radius 1 is 1.14 bits per heavy atom. The van der Waals surface area contributed by atoms with Crippen LogP contribution in [0.15, 0.2) is 0 Å². The highest BCUT2D eigenvalue weighted by Gasteiger charge is 2.36. The van der Waals surface area contributed by atoms with Crippen molar-refractivity contribution >= 4 is 0 Å². The van der Waals surface area contributed by atoms with E-state index >= 15 is 0 Å². The molecule has 2 nitrogen and oxygen atoms in total. The maximum absolute atomic E-state index is 3.80. The van der Waals surface area contributed by atoms with Crippen LogP contribution < -0.4 is 5.32 Å². The summed E-state index contributed by atoms with van der Waals surface area (Å²) >= 11 is 0. The van der Waals surface area contributed by atoms with E-state index in [0.29, 0.717) is 5.41 Å². The minimum absolute atomic E-state index is 0.236. The predicted octanol–water partition coefficient (Wildman–Crippen LogP) is 4.84. The van der Waals surface area contributed by atoms with Gasteiger partial charge in [-0.15, -0.1) is 0 Å². The van der Waals surface area contributed by atoms with Crippen LogP contribution in [-0.2, 0) is 0 Å². The Morgan fingerprint density at radius 2 is 1.76 bits per heavy atom. The zero-order valence-electron chi connectivity index (χ0n) is 15.6. The Labute approximate surface area is 134 Å². The van der Waals surface area contributed by atoms with Crippen molar-refractivity contribution in [2.75, 3.05) is 19.6 Å². The summed E-state index contributed by atoms with van der Waals surface area (Å²) in [5, 5.41) is 3.80. The lowest BCUT2D eigenvalue weighted by molar-refractivity contribution is 0.105. The first-order chi connectivity index (χ1) is 9.82. The van der Waals surface area contributed by atoms with E-state index in [0.717, 1.165) is 6.04 Å². The summed E-state index contributed by atoms with van der Waals surface area (Å²) in [4.78, 5) is 2.78. The van der Waals surface area contributed by atoms with Crippen molar-refractivity contribution < 1.29 is 0 Å². The van der Waals surface area contributed by atoms with Crippen LogP contribution in [0, 0.1) is 5.41 Å². The van der Waals surface area contributed by atoms with Crippen LogP contribution in [0.3, 0.4) is 0 Å². The number of hydrogen-bond acceptors (Lipinski definition) is 2. The minimum Gasteiger partial charge on any atom is -0.311 e. The van der Waals surface area contributed by atoms with Gasteiger partial charge in [0.1, 0.15) is 0 Å². The van der Waals surface area contributed by atoms with E-state index in [-0.39, 0.29) is 5.54 Å². The summed E-state index contributed by atoms with van der Waals surface area (Å²) in [6, 6.07) is 0.726. The van der Waals surface area contributed by atoms with Gasteiger partial charge in [-0.05, 0) is 65.3 Å². The number of nitrogens with one attached hydrogen (secondary N) is 1. The topological polar surface area (TPSA) is 15.3 Å². The van der Waals surface area contributed by atoms with Crippen molar-refractivity contribution in [3.8, 4) is 0 Å². The molecule has 1 aliphatic carbocycles. The zero-order chi connectivity index (χ0) is 15.9. The van der Waals surface area contributed by atoms with Gasteiger partial charge in [-0.1, -0.05) is 33.1 Å². The first-order valence-corrected chi connectivity index (χ1v) is 9.31. The Hall–Kier alpha value is -0.0800. The number of hydrogen-bond donors (Lipinski definition) is 1. The molecule has 0 heterocycles. The zero-order valence-corrected chi connectivity index (χ0v) is 15.6. The van der Waals surface area contributed by atoms with Gasteiger partial charge in [-0.2, -0.15) is 0 Å². The van der Waals surface area contributed by atoms with Crippen LogP contribution in [0.5, 0.6) is 0 Å². The maximum Gasteiger partial charge on any atom is 0.00967 e. The van der Waals surface area contributed by atoms with Crippen molar-refractivity contribution in [1.82, 2.24) is 10.2 Å². The van der Waals surface area contributed by atoms with Gasteiger partial charge < -0.3 is 10.2 Å². The fourth-order valence-corrected chi connectivity index (χ4v) is 3.47. The highest BCUT2D eigenvalue weighted by atomic mass is 15.2. The molecule has 21 heavy (non-hydrogen) atoms. The maximum atomic E-state index is 3.80. The summed E-state index contributed by atoms with van der Waals surface area (Å²) in [6.07, 6.45) is 9.59. The molecule has 0 amide bonds. The van der Waals surface area contributed by atoms with E-state index in [4.69, 9.17) is 0 Å². The molecule has 0 aromatic heterocycles. The average molecular weight is 297 g/mol. The molecule has 0 aromatic rings. The molecule has 0 bridgehead atoms. The third kappa shape index (κ3) is 6.69. The molecule has 0 spiro atoms. The molecule has 0 saturated heterocycles. The second-order valence-corrected chi connectivity index (χ2v) is 8.39. The normalized spacial score (nSPS) is 20.1. The monoisotopic (exact) mass is 296 g/mol. The van der Waals surface area contributed by atoms with Crippen LogP contribution in [-0.4, -0.2) is 36.1 Å². The SMILES string of the molecule is CCCCN(CC1(CNC(C)(C)C)CCCC1)C(C)CC. The van der Waals surface area contributed by atoms with Crippen LogP contribution >= 0.6 is 0 Å². The highest BCUT2D eigenvalue weighted by molar-refractivity contribution is 4.92. The molecule has 1 N–H and O–H groups in total. The van der Waals surface area contributed by atoms with Gasteiger partial charge in [0, 0.05) is 24.7 Å². The molecule has 1 aliphatic rings. The van der Waals surface area contributed by atoms with Gasteiger partial charge in [0.2, 0.25) is 0 Å². The molecular formula is C19H40N2. The molecular weight excluding hydrogens is 256 g/mol. The average Bonchev–Trinajstić information content (AvgIpc) is 2.89. The quantitative estimate of drug-likeness (QED) is 0.655. The third-order valence-electron chi connectivity index (χ3n) is 5.21. The first-order valence-electron chi connectivity index (χ1n) is 9.31. The van der Waals surface area contributed by atoms with Gasteiger partial charge in [0.25, 0.3) is 0 Å². The van der Waals surface area contributed by atoms with Crippen LogP contribution in [0.1, 0.15) is 86.5 Å². The minimum atomic E-state index is 0.236. The fraction of sp³-hybridized carbons (Fsp3) is 1.00. The van der Waals surface area contributed by atoms with Gasteiger partial charge >= 0.3 is 0 Å². The van der Waals surface area contributed by atoms with Crippen LogP contribution in [0.2, 0.25) is 0 Å². The van der Waals surface area contributed by atoms with Crippen molar-refractivity contribution in [2.45, 2.75) is 98.1 Å². The van der Waals surface area contributed by atoms with Crippen molar-refractivity contribution in [2.24, 2.45) is 5.41 Å². The second-order valence-electron chi connectivity index (χ2n) is 8.39. The Kier molecular flexibility index (Phi) is 7.70. The Bertz CT molecular complexity index is 274. The lowest BCUT2D eigenvalue weighted by Crippen LogP contribution is -2.49. The first kappa shape index (κ1) is 19.0. The molecule has 1 unspecified atom stereocenters. The van der Waals surface area contributed by atoms with Crippen molar-refractivity contribution in [3.63, 3.8) is 0 Å². The van der Waals surface area contributed by atoms with Gasteiger partial charge in [-0.3, -0.25) is 0 Å². The van der Waals surface area contributed by atoms with Gasteiger partial charge in [0.15, 0.2) is 0 Å². The number of unbranched alkanes of at least 4 members (excludes halogenated alkanes) is 1. The lowest BCUT2D eigenvalue weighted by atomic mass is 9.84. The summed E-state index contributed by atoms with van der Waals surface area (Å²) in [7, 11) is 0. The lowest BCUT2D eigenvalue weighted by Gasteiger charge is -2.40. The standard InChI is InChI=1S/C19H40N2/c1-7-9-14-21(17(3)8-2)16-19(12-10-11-13-19)15-20-18(4,5)6/h17,20H,7-16H2,1-6H3. The molecule has 1 fully saturated rings. The molecule has 1 atom stereocenters. The second kappa shape index (κ2) is 8.53. The van der Waals surface area contributed by atoms with Crippen LogP contribution in [0.25, 0.3) is 0 Å². The van der Waals surface area contributed by atoms with E-state index < -0.39 is 0 Å². The Balaban J connectivity index is 2.68. The highest BCUT2D eigenvalue weighted by Crippen LogP contribution is 2.39. The largest absolute Gasteiger partial charge is 0.311 e. The van der Waals surface area contributed by atoms with Crippen molar-refractivity contribution in [1.29, 1.82) is 0 Å². The fourth-order valence-electron chi connectivity index (χ4n) is 3.47. The smallest absolute Gasteiger partial charge is 0.00967 e. The summed E-state index contributed by atoms with van der Waals surface area (Å²) < 4.78 is 0. The molecule has 0 aliphatic heterocycles. The molecule has 0 aromatic carbocycles. The summed E-state index contributed by atoms with van der Waals surface area (Å²) in [5.41, 5.74) is 0.755. The molecule has 126 valence electrons. The third-order valence-corrected chi connectivity index (χ3v) is 5.21. The molecule has 2 heteroatoms. The summed E-state index contributed by atoms with van der Waals surface area (Å²) in [6.45, 7) is 17.7. The molecule has 1 saturated carbocycles. The van der Waals surface area contributed by atoms with E-state index in [1.807, 2.05) is 0 Å². The number of nitrogens with zero attached hydrogens (tertiary/aromatic N) is 1. The van der Waals surface area contributed by atoms with E-state index in [9.17, 15) is 0 Å². The van der Waals surface area contributed by atoms with Crippen molar-refractivity contribution in [3.05, 3.63) is 0 Å². The number of rotatable bonds is 9. The Morgan fingerprint density at radius 3 is 2.24 bits per heavy atom. The predicted molar refractivity (Wildman–Crippen MR) is 94.9 cm³/mol.